The summed E-state index contributed by atoms with van der Waals surface area (Å²) in [5.41, 5.74) is 1.49. The van der Waals surface area contributed by atoms with Crippen LogP contribution >= 0.6 is 0 Å². The van der Waals surface area contributed by atoms with Crippen LogP contribution in [0.1, 0.15) is 190 Å². The van der Waals surface area contributed by atoms with Crippen LogP contribution in [0.25, 0.3) is 0 Å². The van der Waals surface area contributed by atoms with Gasteiger partial charge in [-0.25, -0.2) is 27.2 Å². The van der Waals surface area contributed by atoms with E-state index in [4.69, 9.17) is 18.9 Å². The van der Waals surface area contributed by atoms with Crippen LogP contribution < -0.4 is 10.6 Å². The molecule has 2 N–H and O–H groups in total. The van der Waals surface area contributed by atoms with Gasteiger partial charge in [-0.15, -0.1) is 0 Å². The number of rotatable bonds is 32. The molecule has 2 amide bonds. The molecule has 0 aromatic heterocycles. The number of hydrogen-bond donors (Lipinski definition) is 2. The highest BCUT2D eigenvalue weighted by molar-refractivity contribution is 5.68. The van der Waals surface area contributed by atoms with Crippen molar-refractivity contribution in [2.75, 3.05) is 13.2 Å². The number of aryl methyl sites for hydroxylation is 4. The van der Waals surface area contributed by atoms with Gasteiger partial charge >= 0.3 is 12.2 Å². The maximum Gasteiger partial charge on any atom is 0.407 e. The number of alkyl carbamates (subject to hydrolysis) is 2. The minimum absolute atomic E-state index is 0.0809. The second-order valence-corrected chi connectivity index (χ2v) is 18.0. The van der Waals surface area contributed by atoms with Crippen molar-refractivity contribution < 1.29 is 55.7 Å². The fraction of sp³-hybridized carbons (Fsp3) is 0.692. The van der Waals surface area contributed by atoms with Crippen molar-refractivity contribution in [1.82, 2.24) is 10.6 Å². The van der Waals surface area contributed by atoms with E-state index in [1.165, 1.54) is 64.2 Å². The van der Waals surface area contributed by atoms with E-state index < -0.39 is 35.5 Å². The summed E-state index contributed by atoms with van der Waals surface area (Å²) < 4.78 is 77.8. The first kappa shape index (κ1) is 56.0. The Labute approximate surface area is 391 Å². The van der Waals surface area contributed by atoms with Crippen LogP contribution in [0.4, 0.5) is 27.2 Å². The number of carbonyl (C=O) groups is 4. The third kappa shape index (κ3) is 22.4. The molecular weight excluding hydrogens is 857 g/mol. The van der Waals surface area contributed by atoms with Crippen molar-refractivity contribution in [2.24, 2.45) is 0 Å². The lowest BCUT2D eigenvalue weighted by Gasteiger charge is -2.13. The van der Waals surface area contributed by atoms with Gasteiger partial charge in [0.2, 0.25) is 0 Å². The van der Waals surface area contributed by atoms with E-state index in [2.05, 4.69) is 24.5 Å². The van der Waals surface area contributed by atoms with Gasteiger partial charge in [-0.1, -0.05) is 128 Å². The second-order valence-electron chi connectivity index (χ2n) is 18.0. The highest BCUT2D eigenvalue weighted by Crippen LogP contribution is 2.25. The molecule has 0 aliphatic heterocycles. The fourth-order valence-electron chi connectivity index (χ4n) is 8.75. The Balaban J connectivity index is 0.000000350. The second kappa shape index (κ2) is 34.0. The number of hydrogen-bond acceptors (Lipinski definition) is 8. The Bertz CT molecular complexity index is 1580. The quantitative estimate of drug-likeness (QED) is 0.0321. The maximum atomic E-state index is 14.4. The Morgan fingerprint density at radius 2 is 0.788 bits per heavy atom. The van der Waals surface area contributed by atoms with Gasteiger partial charge in [0.05, 0.1) is 13.2 Å². The predicted octanol–water partition coefficient (Wildman–Crippen LogP) is 12.8. The summed E-state index contributed by atoms with van der Waals surface area (Å²) in [6, 6.07) is 6.49. The van der Waals surface area contributed by atoms with Crippen LogP contribution in [0.2, 0.25) is 0 Å². The number of ether oxygens (including phenoxy) is 4. The van der Waals surface area contributed by atoms with Crippen molar-refractivity contribution in [1.29, 1.82) is 0 Å². The molecule has 0 bridgehead atoms. The van der Waals surface area contributed by atoms with Crippen LogP contribution in [-0.2, 0) is 54.2 Å². The van der Waals surface area contributed by atoms with Crippen LogP contribution in [0.3, 0.4) is 0 Å². The molecule has 0 spiro atoms. The number of carbonyl (C=O) groups excluding carboxylic acids is 4. The number of amides is 2. The smallest absolute Gasteiger partial charge is 0.407 e. The third-order valence-corrected chi connectivity index (χ3v) is 12.6. The molecule has 4 unspecified atom stereocenters. The average molecular weight is 935 g/mol. The van der Waals surface area contributed by atoms with E-state index in [1.54, 1.807) is 24.3 Å². The summed E-state index contributed by atoms with van der Waals surface area (Å²) in [5.74, 6) is -3.07. The lowest BCUT2D eigenvalue weighted by Crippen LogP contribution is -2.34. The SMILES string of the molecule is CCCCCCCCCCc1ccc(CCCOC(=O)NC2CCC(OC=O)C2)c(F)c1F.CCCCCCCCCCc1ccc(CCCOC(=O)NC2CCC(OC=O)C2)c(F)c1F. The highest BCUT2D eigenvalue weighted by atomic mass is 19.2. The minimum Gasteiger partial charge on any atom is -0.465 e. The molecule has 372 valence electrons. The molecule has 2 aliphatic rings. The van der Waals surface area contributed by atoms with E-state index >= 15 is 0 Å². The summed E-state index contributed by atoms with van der Waals surface area (Å²) in [5, 5.41) is 5.49. The summed E-state index contributed by atoms with van der Waals surface area (Å²) in [7, 11) is 0. The van der Waals surface area contributed by atoms with E-state index in [-0.39, 0.29) is 37.5 Å². The molecule has 2 fully saturated rings. The van der Waals surface area contributed by atoms with Crippen LogP contribution in [0.15, 0.2) is 24.3 Å². The Kier molecular flexibility index (Phi) is 28.8. The maximum absolute atomic E-state index is 14.4. The molecule has 4 atom stereocenters. The first-order chi connectivity index (χ1) is 32.1. The van der Waals surface area contributed by atoms with Gasteiger partial charge in [-0.05, 0) is 99.3 Å². The number of nitrogens with one attached hydrogen (secondary N) is 2. The van der Waals surface area contributed by atoms with E-state index in [0.717, 1.165) is 51.4 Å². The van der Waals surface area contributed by atoms with Crippen molar-refractivity contribution in [2.45, 2.75) is 218 Å². The van der Waals surface area contributed by atoms with Gasteiger partial charge in [0.25, 0.3) is 12.9 Å². The standard InChI is InChI=1S/2C26H39F2NO4/c2*1-2-3-4-5-6-7-8-9-11-20-13-14-21(25(28)24(20)27)12-10-17-32-26(31)29-22-15-16-23(18-22)33-19-30/h2*13-14,19,22-23H,2-12,15-18H2,1H3,(H,29,31). The van der Waals surface area contributed by atoms with Crippen molar-refractivity contribution >= 4 is 25.1 Å². The van der Waals surface area contributed by atoms with Crippen LogP contribution in [0.5, 0.6) is 0 Å². The summed E-state index contributed by atoms with van der Waals surface area (Å²) in [4.78, 5) is 44.5. The van der Waals surface area contributed by atoms with Gasteiger partial charge in [0.15, 0.2) is 23.3 Å². The van der Waals surface area contributed by atoms with Crippen LogP contribution in [0, 0.1) is 23.3 Å². The molecule has 66 heavy (non-hydrogen) atoms. The highest BCUT2D eigenvalue weighted by Gasteiger charge is 2.28. The fourth-order valence-corrected chi connectivity index (χ4v) is 8.75. The molecule has 0 heterocycles. The zero-order valence-electron chi connectivity index (χ0n) is 39.8. The molecule has 2 saturated carbocycles. The molecule has 2 aromatic carbocycles. The zero-order valence-corrected chi connectivity index (χ0v) is 39.8. The molecule has 0 saturated heterocycles. The Morgan fingerprint density at radius 3 is 1.11 bits per heavy atom. The molecule has 4 rings (SSSR count). The van der Waals surface area contributed by atoms with Gasteiger partial charge < -0.3 is 29.6 Å². The lowest BCUT2D eigenvalue weighted by molar-refractivity contribution is -0.134. The average Bonchev–Trinajstić information content (AvgIpc) is 3.95. The number of benzene rings is 2. The van der Waals surface area contributed by atoms with Gasteiger partial charge in [0.1, 0.15) is 12.2 Å². The van der Waals surface area contributed by atoms with E-state index in [1.807, 2.05) is 0 Å². The number of halogens is 4. The van der Waals surface area contributed by atoms with Crippen molar-refractivity contribution in [3.8, 4) is 0 Å². The largest absolute Gasteiger partial charge is 0.465 e. The Morgan fingerprint density at radius 1 is 0.485 bits per heavy atom. The Hall–Kier alpha value is -4.36. The van der Waals surface area contributed by atoms with Gasteiger partial charge in [0, 0.05) is 24.9 Å². The lowest BCUT2D eigenvalue weighted by atomic mass is 10.0. The summed E-state index contributed by atoms with van der Waals surface area (Å²) >= 11 is 0. The molecule has 14 heteroatoms. The van der Waals surface area contributed by atoms with Gasteiger partial charge in [-0.3, -0.25) is 9.59 Å². The minimum atomic E-state index is -0.788. The molecule has 0 radical (unpaired) electrons. The summed E-state index contributed by atoms with van der Waals surface area (Å²) in [6.45, 7) is 5.50. The number of unbranched alkanes of at least 4 members (excludes halogenated alkanes) is 14. The zero-order chi connectivity index (χ0) is 47.8. The van der Waals surface area contributed by atoms with E-state index in [0.29, 0.717) is 99.4 Å². The normalized spacial score (nSPS) is 17.7. The predicted molar refractivity (Wildman–Crippen MR) is 248 cm³/mol. The van der Waals surface area contributed by atoms with E-state index in [9.17, 15) is 36.7 Å². The first-order valence-corrected chi connectivity index (χ1v) is 25.1. The molecular formula is C52H78F4N2O8. The molecule has 10 nitrogen and oxygen atoms in total. The monoisotopic (exact) mass is 935 g/mol. The summed E-state index contributed by atoms with van der Waals surface area (Å²) in [6.07, 6.45) is 23.8. The molecule has 2 aromatic rings. The van der Waals surface area contributed by atoms with Gasteiger partial charge in [-0.2, -0.15) is 0 Å². The topological polar surface area (TPSA) is 129 Å². The van der Waals surface area contributed by atoms with Crippen LogP contribution in [-0.4, -0.2) is 62.6 Å². The third-order valence-electron chi connectivity index (χ3n) is 12.6. The van der Waals surface area contributed by atoms with Crippen molar-refractivity contribution in [3.05, 3.63) is 69.8 Å². The van der Waals surface area contributed by atoms with Crippen molar-refractivity contribution in [3.63, 3.8) is 0 Å². The first-order valence-electron chi connectivity index (χ1n) is 25.1. The molecule has 2 aliphatic carbocycles.